The number of carbonyl (C=O) groups is 1. The molecule has 0 radical (unpaired) electrons. The van der Waals surface area contributed by atoms with Crippen LogP contribution in [0.2, 0.25) is 0 Å². The third kappa shape index (κ3) is 3.68. The topological polar surface area (TPSA) is 58.6 Å². The van der Waals surface area contributed by atoms with Gasteiger partial charge in [-0.1, -0.05) is 25.7 Å². The van der Waals surface area contributed by atoms with Gasteiger partial charge in [-0.2, -0.15) is 0 Å². The van der Waals surface area contributed by atoms with Crippen molar-refractivity contribution in [1.82, 2.24) is 5.32 Å². The molecule has 0 aromatic carbocycles. The third-order valence-electron chi connectivity index (χ3n) is 3.97. The summed E-state index contributed by atoms with van der Waals surface area (Å²) in [4.78, 5) is 11.4. The molecular weight excluding hydrogens is 218 g/mol. The summed E-state index contributed by atoms with van der Waals surface area (Å²) < 4.78 is 5.21. The highest BCUT2D eigenvalue weighted by Gasteiger charge is 2.40. The zero-order chi connectivity index (χ0) is 12.9. The Morgan fingerprint density at radius 2 is 1.88 bits per heavy atom. The van der Waals surface area contributed by atoms with E-state index in [1.807, 2.05) is 0 Å². The van der Waals surface area contributed by atoms with Crippen molar-refractivity contribution in [2.75, 3.05) is 7.11 Å². The fourth-order valence-electron chi connectivity index (χ4n) is 2.44. The maximum absolute atomic E-state index is 11.4. The molecule has 2 atom stereocenters. The quantitative estimate of drug-likeness (QED) is 0.727. The Hall–Kier alpha value is -0.610. The van der Waals surface area contributed by atoms with Gasteiger partial charge in [-0.3, -0.25) is 10.1 Å². The number of hydrogen-bond donors (Lipinski definition) is 2. The van der Waals surface area contributed by atoms with Crippen LogP contribution in [0.25, 0.3) is 0 Å². The second-order valence-electron chi connectivity index (χ2n) is 5.22. The molecule has 1 aliphatic rings. The number of carboxylic acids is 1. The number of ether oxygens (including phenoxy) is 1. The molecule has 0 amide bonds. The van der Waals surface area contributed by atoms with Crippen LogP contribution in [0.4, 0.5) is 0 Å². The standard InChI is InChI=1S/C13H25NO3/c1-10(17-3)13(2,12(15)16)14-11-8-6-4-5-7-9-11/h10-11,14H,4-9H2,1-3H3,(H,15,16). The molecule has 4 heteroatoms. The van der Waals surface area contributed by atoms with Crippen molar-refractivity contribution < 1.29 is 14.6 Å². The summed E-state index contributed by atoms with van der Waals surface area (Å²) in [5.74, 6) is -0.837. The van der Waals surface area contributed by atoms with Crippen LogP contribution >= 0.6 is 0 Å². The van der Waals surface area contributed by atoms with E-state index in [4.69, 9.17) is 4.74 Å². The van der Waals surface area contributed by atoms with Crippen LogP contribution in [-0.2, 0) is 9.53 Å². The van der Waals surface area contributed by atoms with E-state index in [2.05, 4.69) is 5.32 Å². The zero-order valence-corrected chi connectivity index (χ0v) is 11.2. The van der Waals surface area contributed by atoms with Crippen LogP contribution in [0.1, 0.15) is 52.4 Å². The molecule has 0 bridgehead atoms. The van der Waals surface area contributed by atoms with Crippen LogP contribution in [0.5, 0.6) is 0 Å². The summed E-state index contributed by atoms with van der Waals surface area (Å²) >= 11 is 0. The summed E-state index contributed by atoms with van der Waals surface area (Å²) in [5, 5.41) is 12.7. The Morgan fingerprint density at radius 1 is 1.35 bits per heavy atom. The minimum Gasteiger partial charge on any atom is -0.480 e. The monoisotopic (exact) mass is 243 g/mol. The van der Waals surface area contributed by atoms with E-state index in [1.165, 1.54) is 25.7 Å². The van der Waals surface area contributed by atoms with Gasteiger partial charge in [0.05, 0.1) is 6.10 Å². The minimum atomic E-state index is -0.996. The first-order chi connectivity index (χ1) is 8.00. The summed E-state index contributed by atoms with van der Waals surface area (Å²) in [6.07, 6.45) is 6.70. The molecule has 1 rings (SSSR count). The van der Waals surface area contributed by atoms with E-state index < -0.39 is 11.5 Å². The molecule has 0 heterocycles. The fraction of sp³-hybridized carbons (Fsp3) is 0.923. The normalized spacial score (nSPS) is 23.7. The number of carboxylic acid groups (broad SMARTS) is 1. The van der Waals surface area contributed by atoms with Crippen LogP contribution in [0.3, 0.4) is 0 Å². The van der Waals surface area contributed by atoms with E-state index in [1.54, 1.807) is 21.0 Å². The number of aliphatic carboxylic acids is 1. The third-order valence-corrected chi connectivity index (χ3v) is 3.97. The molecule has 0 saturated heterocycles. The van der Waals surface area contributed by atoms with Crippen LogP contribution in [0.15, 0.2) is 0 Å². The lowest BCUT2D eigenvalue weighted by Gasteiger charge is -2.35. The Labute approximate surface area is 104 Å². The number of rotatable bonds is 5. The Kier molecular flexibility index (Phi) is 5.40. The van der Waals surface area contributed by atoms with Crippen molar-refractivity contribution in [3.8, 4) is 0 Å². The van der Waals surface area contributed by atoms with Gasteiger partial charge in [-0.25, -0.2) is 0 Å². The van der Waals surface area contributed by atoms with E-state index in [9.17, 15) is 9.90 Å². The van der Waals surface area contributed by atoms with Gasteiger partial charge >= 0.3 is 5.97 Å². The van der Waals surface area contributed by atoms with Gasteiger partial charge in [0.2, 0.25) is 0 Å². The van der Waals surface area contributed by atoms with Crippen molar-refractivity contribution >= 4 is 5.97 Å². The Morgan fingerprint density at radius 3 is 2.29 bits per heavy atom. The Bertz CT molecular complexity index is 249. The summed E-state index contributed by atoms with van der Waals surface area (Å²) in [6.45, 7) is 3.52. The molecule has 17 heavy (non-hydrogen) atoms. The average molecular weight is 243 g/mol. The zero-order valence-electron chi connectivity index (χ0n) is 11.2. The maximum Gasteiger partial charge on any atom is 0.326 e. The molecule has 0 aromatic rings. The summed E-state index contributed by atoms with van der Waals surface area (Å²) in [6, 6.07) is 0.302. The molecule has 0 spiro atoms. The largest absolute Gasteiger partial charge is 0.480 e. The van der Waals surface area contributed by atoms with E-state index in [0.29, 0.717) is 6.04 Å². The van der Waals surface area contributed by atoms with Gasteiger partial charge in [-0.05, 0) is 26.7 Å². The predicted molar refractivity (Wildman–Crippen MR) is 67.1 cm³/mol. The van der Waals surface area contributed by atoms with Gasteiger partial charge in [-0.15, -0.1) is 0 Å². The molecule has 0 aromatic heterocycles. The van der Waals surface area contributed by atoms with E-state index in [0.717, 1.165) is 12.8 Å². The van der Waals surface area contributed by atoms with E-state index in [-0.39, 0.29) is 6.10 Å². The van der Waals surface area contributed by atoms with Crippen LogP contribution in [-0.4, -0.2) is 35.9 Å². The lowest BCUT2D eigenvalue weighted by atomic mass is 9.93. The molecule has 0 aliphatic heterocycles. The SMILES string of the molecule is COC(C)C(C)(NC1CCCCCC1)C(=O)O. The van der Waals surface area contributed by atoms with Crippen molar-refractivity contribution in [2.45, 2.75) is 70.1 Å². The summed E-state index contributed by atoms with van der Waals surface area (Å²) in [7, 11) is 1.56. The highest BCUT2D eigenvalue weighted by molar-refractivity contribution is 5.79. The first kappa shape index (κ1) is 14.5. The number of nitrogens with one attached hydrogen (secondary N) is 1. The molecule has 4 nitrogen and oxygen atoms in total. The fourth-order valence-corrected chi connectivity index (χ4v) is 2.44. The first-order valence-electron chi connectivity index (χ1n) is 6.54. The first-order valence-corrected chi connectivity index (χ1v) is 6.54. The average Bonchev–Trinajstić information content (AvgIpc) is 2.56. The molecule has 1 saturated carbocycles. The lowest BCUT2D eigenvalue weighted by molar-refractivity contribution is -0.150. The smallest absolute Gasteiger partial charge is 0.326 e. The van der Waals surface area contributed by atoms with Gasteiger partial charge in [0.25, 0.3) is 0 Å². The van der Waals surface area contributed by atoms with Crippen molar-refractivity contribution in [3.63, 3.8) is 0 Å². The van der Waals surface area contributed by atoms with E-state index >= 15 is 0 Å². The van der Waals surface area contributed by atoms with Crippen molar-refractivity contribution in [3.05, 3.63) is 0 Å². The molecule has 1 fully saturated rings. The molecule has 1 aliphatic carbocycles. The highest BCUT2D eigenvalue weighted by Crippen LogP contribution is 2.22. The van der Waals surface area contributed by atoms with Gasteiger partial charge in [0, 0.05) is 13.2 Å². The highest BCUT2D eigenvalue weighted by atomic mass is 16.5. The second kappa shape index (κ2) is 6.36. The molecule has 100 valence electrons. The predicted octanol–water partition coefficient (Wildman–Crippen LogP) is 2.18. The molecule has 2 unspecified atom stereocenters. The van der Waals surface area contributed by atoms with Crippen molar-refractivity contribution in [2.24, 2.45) is 0 Å². The summed E-state index contributed by atoms with van der Waals surface area (Å²) in [5.41, 5.74) is -0.996. The van der Waals surface area contributed by atoms with Crippen molar-refractivity contribution in [1.29, 1.82) is 0 Å². The maximum atomic E-state index is 11.4. The molecular formula is C13H25NO3. The number of hydrogen-bond acceptors (Lipinski definition) is 3. The lowest BCUT2D eigenvalue weighted by Crippen LogP contribution is -2.60. The van der Waals surface area contributed by atoms with Crippen LogP contribution in [0, 0.1) is 0 Å². The second-order valence-corrected chi connectivity index (χ2v) is 5.22. The molecule has 2 N–H and O–H groups in total. The van der Waals surface area contributed by atoms with Gasteiger partial charge < -0.3 is 9.84 Å². The van der Waals surface area contributed by atoms with Gasteiger partial charge in [0.1, 0.15) is 5.54 Å². The van der Waals surface area contributed by atoms with Gasteiger partial charge in [0.15, 0.2) is 0 Å². The van der Waals surface area contributed by atoms with Crippen LogP contribution < -0.4 is 5.32 Å². The Balaban J connectivity index is 2.68. The minimum absolute atomic E-state index is 0.302. The number of methoxy groups -OCH3 is 1.